The van der Waals surface area contributed by atoms with Crippen molar-refractivity contribution in [2.75, 3.05) is 14.1 Å². The lowest BCUT2D eigenvalue weighted by Crippen LogP contribution is -2.51. The molecule has 0 aromatic rings. The van der Waals surface area contributed by atoms with Crippen molar-refractivity contribution in [2.24, 2.45) is 5.92 Å². The molecule has 0 aromatic carbocycles. The van der Waals surface area contributed by atoms with Crippen molar-refractivity contribution >= 4 is 11.6 Å². The topological polar surface area (TPSA) is 78.4 Å². The van der Waals surface area contributed by atoms with Gasteiger partial charge in [0.05, 0.1) is 18.2 Å². The van der Waals surface area contributed by atoms with Crippen LogP contribution in [-0.4, -0.2) is 49.0 Å². The molecule has 0 saturated carbocycles. The average molecular weight is 244 g/mol. The molecule has 3 atom stereocenters. The van der Waals surface area contributed by atoms with E-state index < -0.39 is 29.8 Å². The van der Waals surface area contributed by atoms with E-state index in [9.17, 15) is 14.7 Å². The Morgan fingerprint density at radius 2 is 1.59 bits per heavy atom. The quantitative estimate of drug-likeness (QED) is 0.512. The Bertz CT molecular complexity index is 264. The Morgan fingerprint density at radius 1 is 1.06 bits per heavy atom. The van der Waals surface area contributed by atoms with Gasteiger partial charge in [-0.25, -0.2) is 0 Å². The fraction of sp³-hybridized carbons (Fsp3) is 0.833. The zero-order chi connectivity index (χ0) is 13.6. The van der Waals surface area contributed by atoms with E-state index in [1.54, 1.807) is 14.1 Å². The highest BCUT2D eigenvalue weighted by Crippen LogP contribution is 2.07. The van der Waals surface area contributed by atoms with Crippen LogP contribution in [-0.2, 0) is 9.59 Å². The summed E-state index contributed by atoms with van der Waals surface area (Å²) in [5, 5.41) is 14.9. The smallest absolute Gasteiger partial charge is 0.219 e. The molecular formula is C12H24N2O3. The van der Waals surface area contributed by atoms with Gasteiger partial charge in [0, 0.05) is 0 Å². The Balaban J connectivity index is 4.70. The van der Waals surface area contributed by atoms with Gasteiger partial charge in [-0.05, 0) is 33.4 Å². The Kier molecular flexibility index (Phi) is 7.18. The van der Waals surface area contributed by atoms with Gasteiger partial charge in [0.25, 0.3) is 0 Å². The van der Waals surface area contributed by atoms with Crippen LogP contribution < -0.4 is 10.6 Å². The summed E-state index contributed by atoms with van der Waals surface area (Å²) in [4.78, 5) is 23.8. The molecular weight excluding hydrogens is 220 g/mol. The zero-order valence-corrected chi connectivity index (χ0v) is 11.3. The van der Waals surface area contributed by atoms with Crippen LogP contribution in [0.3, 0.4) is 0 Å². The largest absolute Gasteiger partial charge is 0.391 e. The van der Waals surface area contributed by atoms with Crippen molar-refractivity contribution < 1.29 is 14.7 Å². The van der Waals surface area contributed by atoms with Crippen molar-refractivity contribution in [3.8, 4) is 0 Å². The van der Waals surface area contributed by atoms with Crippen LogP contribution in [0.1, 0.15) is 27.2 Å². The molecule has 0 aliphatic carbocycles. The standard InChI is InChI=1S/C12H24N2O3/c1-7(2)6-9(13-4)11(16)12(17)10(14-5)8(3)15/h7-10,13-15H,6H2,1-5H3/t8-,9+,10+/m1/s1. The molecule has 0 saturated heterocycles. The summed E-state index contributed by atoms with van der Waals surface area (Å²) in [6.45, 7) is 5.47. The van der Waals surface area contributed by atoms with E-state index in [4.69, 9.17) is 0 Å². The monoisotopic (exact) mass is 244 g/mol. The normalized spacial score (nSPS) is 16.6. The molecule has 0 rings (SSSR count). The maximum Gasteiger partial charge on any atom is 0.219 e. The van der Waals surface area contributed by atoms with Gasteiger partial charge in [0.1, 0.15) is 0 Å². The second-order valence-corrected chi connectivity index (χ2v) is 4.71. The summed E-state index contributed by atoms with van der Waals surface area (Å²) in [6, 6.07) is -1.30. The van der Waals surface area contributed by atoms with Gasteiger partial charge in [0.15, 0.2) is 0 Å². The Morgan fingerprint density at radius 3 is 1.88 bits per heavy atom. The predicted octanol–water partition coefficient (Wildman–Crippen LogP) is -0.272. The SMILES string of the molecule is CN[C@@H](CC(C)C)C(=O)C(=O)[C@@H](NC)[C@@H](C)O. The molecule has 0 fully saturated rings. The highest BCUT2D eigenvalue weighted by atomic mass is 16.3. The number of hydrogen-bond donors (Lipinski definition) is 3. The van der Waals surface area contributed by atoms with Crippen LogP contribution >= 0.6 is 0 Å². The number of likely N-dealkylation sites (N-methyl/N-ethyl adjacent to an activating group) is 2. The van der Waals surface area contributed by atoms with Crippen LogP contribution in [0.15, 0.2) is 0 Å². The highest BCUT2D eigenvalue weighted by Gasteiger charge is 2.32. The third-order valence-corrected chi connectivity index (χ3v) is 2.69. The molecule has 5 nitrogen and oxygen atoms in total. The summed E-state index contributed by atoms with van der Waals surface area (Å²) in [6.07, 6.45) is -0.273. The Labute approximate surface area is 103 Å². The first-order chi connectivity index (χ1) is 7.84. The lowest BCUT2D eigenvalue weighted by molar-refractivity contribution is -0.140. The van der Waals surface area contributed by atoms with E-state index in [-0.39, 0.29) is 0 Å². The van der Waals surface area contributed by atoms with E-state index in [1.807, 2.05) is 13.8 Å². The third-order valence-electron chi connectivity index (χ3n) is 2.69. The fourth-order valence-electron chi connectivity index (χ4n) is 1.74. The summed E-state index contributed by atoms with van der Waals surface area (Å²) in [7, 11) is 3.22. The summed E-state index contributed by atoms with van der Waals surface area (Å²) in [5.41, 5.74) is 0. The highest BCUT2D eigenvalue weighted by molar-refractivity contribution is 6.41. The van der Waals surface area contributed by atoms with Gasteiger partial charge in [-0.3, -0.25) is 9.59 Å². The van der Waals surface area contributed by atoms with E-state index >= 15 is 0 Å². The minimum absolute atomic E-state index is 0.323. The van der Waals surface area contributed by atoms with E-state index in [2.05, 4.69) is 10.6 Å². The van der Waals surface area contributed by atoms with Crippen LogP contribution in [0, 0.1) is 5.92 Å². The van der Waals surface area contributed by atoms with E-state index in [0.29, 0.717) is 12.3 Å². The molecule has 100 valence electrons. The molecule has 0 radical (unpaired) electrons. The van der Waals surface area contributed by atoms with Crippen molar-refractivity contribution in [2.45, 2.75) is 45.4 Å². The predicted molar refractivity (Wildman–Crippen MR) is 66.8 cm³/mol. The molecule has 0 spiro atoms. The number of nitrogens with one attached hydrogen (secondary N) is 2. The number of ketones is 2. The van der Waals surface area contributed by atoms with Crippen LogP contribution in [0.25, 0.3) is 0 Å². The fourth-order valence-corrected chi connectivity index (χ4v) is 1.74. The molecule has 0 amide bonds. The van der Waals surface area contributed by atoms with Gasteiger partial charge in [-0.1, -0.05) is 13.8 Å². The average Bonchev–Trinajstić information content (AvgIpc) is 2.24. The number of carbonyl (C=O) groups is 2. The van der Waals surface area contributed by atoms with Crippen LogP contribution in [0.2, 0.25) is 0 Å². The number of Topliss-reactive ketones (excluding diaryl/α,β-unsaturated/α-hetero) is 2. The van der Waals surface area contributed by atoms with Gasteiger partial charge in [-0.2, -0.15) is 0 Å². The number of carbonyl (C=O) groups excluding carboxylic acids is 2. The zero-order valence-electron chi connectivity index (χ0n) is 11.3. The summed E-state index contributed by atoms with van der Waals surface area (Å²) < 4.78 is 0. The first-order valence-electron chi connectivity index (χ1n) is 5.95. The van der Waals surface area contributed by atoms with E-state index in [1.165, 1.54) is 6.92 Å². The number of hydrogen-bond acceptors (Lipinski definition) is 5. The molecule has 17 heavy (non-hydrogen) atoms. The van der Waals surface area contributed by atoms with E-state index in [0.717, 1.165) is 0 Å². The molecule has 3 N–H and O–H groups in total. The first kappa shape index (κ1) is 16.2. The van der Waals surface area contributed by atoms with Gasteiger partial charge >= 0.3 is 0 Å². The van der Waals surface area contributed by atoms with Crippen molar-refractivity contribution in [3.05, 3.63) is 0 Å². The molecule has 5 heteroatoms. The Hall–Kier alpha value is -0.780. The maximum atomic E-state index is 12.0. The number of aliphatic hydroxyl groups excluding tert-OH is 1. The molecule has 0 heterocycles. The summed E-state index contributed by atoms with van der Waals surface area (Å²) in [5.74, 6) is -0.715. The molecule has 0 unspecified atom stereocenters. The lowest BCUT2D eigenvalue weighted by atomic mass is 9.94. The molecule has 0 aromatic heterocycles. The second-order valence-electron chi connectivity index (χ2n) is 4.71. The lowest BCUT2D eigenvalue weighted by Gasteiger charge is -2.21. The minimum Gasteiger partial charge on any atom is -0.391 e. The van der Waals surface area contributed by atoms with Gasteiger partial charge in [-0.15, -0.1) is 0 Å². The minimum atomic E-state index is -0.881. The first-order valence-corrected chi connectivity index (χ1v) is 5.95. The molecule has 0 aliphatic rings. The van der Waals surface area contributed by atoms with Gasteiger partial charge in [0.2, 0.25) is 11.6 Å². The van der Waals surface area contributed by atoms with Crippen LogP contribution in [0.5, 0.6) is 0 Å². The number of rotatable bonds is 8. The van der Waals surface area contributed by atoms with Gasteiger partial charge < -0.3 is 15.7 Å². The number of aliphatic hydroxyl groups is 1. The molecule has 0 aliphatic heterocycles. The van der Waals surface area contributed by atoms with Crippen LogP contribution in [0.4, 0.5) is 0 Å². The van der Waals surface area contributed by atoms with Crippen molar-refractivity contribution in [1.82, 2.24) is 10.6 Å². The maximum absolute atomic E-state index is 12.0. The van der Waals surface area contributed by atoms with Crippen molar-refractivity contribution in [1.29, 1.82) is 0 Å². The van der Waals surface area contributed by atoms with Crippen molar-refractivity contribution in [3.63, 3.8) is 0 Å². The second kappa shape index (κ2) is 7.53. The third kappa shape index (κ3) is 4.93. The summed E-state index contributed by atoms with van der Waals surface area (Å²) >= 11 is 0. The molecule has 0 bridgehead atoms.